The van der Waals surface area contributed by atoms with Crippen LogP contribution in [0.25, 0.3) is 21.9 Å². The number of hydrogen-bond acceptors (Lipinski definition) is 4. The van der Waals surface area contributed by atoms with Gasteiger partial charge in [-0.05, 0) is 25.1 Å². The van der Waals surface area contributed by atoms with Crippen molar-refractivity contribution < 1.29 is 13.2 Å². The molecule has 5 nitrogen and oxygen atoms in total. The van der Waals surface area contributed by atoms with Crippen molar-refractivity contribution in [1.82, 2.24) is 20.2 Å². The first-order valence-electron chi connectivity index (χ1n) is 7.93. The fraction of sp³-hybridized carbons (Fsp3) is 0.167. The minimum atomic E-state index is -4.49. The van der Waals surface area contributed by atoms with E-state index in [0.29, 0.717) is 5.69 Å². The van der Waals surface area contributed by atoms with Crippen LogP contribution in [0.5, 0.6) is 0 Å². The number of nitrogens with one attached hydrogen (secondary N) is 2. The number of benzene rings is 1. The molecule has 2 N–H and O–H groups in total. The van der Waals surface area contributed by atoms with Crippen LogP contribution >= 0.6 is 0 Å². The normalized spacial score (nSPS) is 12.0. The Balaban J connectivity index is 1.68. The Morgan fingerprint density at radius 3 is 2.69 bits per heavy atom. The number of hydrogen-bond donors (Lipinski definition) is 2. The maximum atomic E-state index is 13.4. The molecular formula is C18H14F3N5. The number of aryl methyl sites for hydroxylation is 1. The highest BCUT2D eigenvalue weighted by Gasteiger charge is 2.35. The van der Waals surface area contributed by atoms with Crippen LogP contribution in [-0.2, 0) is 12.7 Å². The summed E-state index contributed by atoms with van der Waals surface area (Å²) < 4.78 is 40.2. The van der Waals surface area contributed by atoms with Crippen LogP contribution in [0.2, 0.25) is 0 Å². The van der Waals surface area contributed by atoms with Gasteiger partial charge in [-0.2, -0.15) is 18.3 Å². The smallest absolute Gasteiger partial charge is 0.362 e. The maximum absolute atomic E-state index is 13.4. The van der Waals surface area contributed by atoms with Crippen LogP contribution in [0.3, 0.4) is 0 Å². The third-order valence-corrected chi connectivity index (χ3v) is 4.06. The van der Waals surface area contributed by atoms with E-state index in [9.17, 15) is 13.2 Å². The van der Waals surface area contributed by atoms with Gasteiger partial charge in [0.25, 0.3) is 0 Å². The number of aromatic amines is 1. The molecule has 0 radical (unpaired) electrons. The second kappa shape index (κ2) is 5.98. The molecule has 0 aliphatic heterocycles. The monoisotopic (exact) mass is 357 g/mol. The SMILES string of the molecule is Cc1cc(C(F)(F)F)c2c(NCc3ccc4ccccc4n3)n[nH]c2n1. The van der Waals surface area contributed by atoms with Gasteiger partial charge in [0.15, 0.2) is 11.5 Å². The van der Waals surface area contributed by atoms with Gasteiger partial charge in [-0.3, -0.25) is 10.1 Å². The lowest BCUT2D eigenvalue weighted by Crippen LogP contribution is -2.09. The molecule has 0 saturated carbocycles. The molecule has 26 heavy (non-hydrogen) atoms. The van der Waals surface area contributed by atoms with Crippen LogP contribution < -0.4 is 5.32 Å². The molecule has 3 aromatic heterocycles. The van der Waals surface area contributed by atoms with E-state index in [1.807, 2.05) is 36.4 Å². The molecule has 0 saturated heterocycles. The van der Waals surface area contributed by atoms with Gasteiger partial charge in [0, 0.05) is 11.1 Å². The number of halogens is 3. The lowest BCUT2D eigenvalue weighted by molar-refractivity contribution is -0.136. The summed E-state index contributed by atoms with van der Waals surface area (Å²) in [6, 6.07) is 12.4. The number of aromatic nitrogens is 4. The number of para-hydroxylation sites is 1. The van der Waals surface area contributed by atoms with Crippen molar-refractivity contribution >= 4 is 27.8 Å². The Morgan fingerprint density at radius 2 is 1.88 bits per heavy atom. The molecule has 132 valence electrons. The summed E-state index contributed by atoms with van der Waals surface area (Å²) in [7, 11) is 0. The van der Waals surface area contributed by atoms with Gasteiger partial charge in [0.2, 0.25) is 0 Å². The van der Waals surface area contributed by atoms with Crippen molar-refractivity contribution in [3.63, 3.8) is 0 Å². The van der Waals surface area contributed by atoms with Gasteiger partial charge in [-0.1, -0.05) is 24.3 Å². The van der Waals surface area contributed by atoms with E-state index in [1.165, 1.54) is 6.92 Å². The van der Waals surface area contributed by atoms with Crippen LogP contribution in [0, 0.1) is 6.92 Å². The minimum absolute atomic E-state index is 0.0658. The Bertz CT molecular complexity index is 1100. The van der Waals surface area contributed by atoms with E-state index >= 15 is 0 Å². The van der Waals surface area contributed by atoms with Crippen molar-refractivity contribution in [2.24, 2.45) is 0 Å². The minimum Gasteiger partial charge on any atom is -0.362 e. The number of pyridine rings is 2. The van der Waals surface area contributed by atoms with Crippen LogP contribution in [-0.4, -0.2) is 20.2 Å². The Morgan fingerprint density at radius 1 is 1.08 bits per heavy atom. The predicted molar refractivity (Wildman–Crippen MR) is 92.7 cm³/mol. The van der Waals surface area contributed by atoms with E-state index in [2.05, 4.69) is 25.5 Å². The summed E-state index contributed by atoms with van der Waals surface area (Å²) in [5.41, 5.74) is 1.14. The molecule has 0 unspecified atom stereocenters. The molecule has 4 aromatic rings. The number of anilines is 1. The van der Waals surface area contributed by atoms with E-state index in [-0.39, 0.29) is 29.1 Å². The predicted octanol–water partition coefficient (Wildman–Crippen LogP) is 4.45. The van der Waals surface area contributed by atoms with E-state index < -0.39 is 11.7 Å². The molecule has 0 aliphatic carbocycles. The first kappa shape index (κ1) is 16.3. The number of nitrogens with zero attached hydrogens (tertiary/aromatic N) is 3. The molecule has 4 rings (SSSR count). The molecule has 0 bridgehead atoms. The van der Waals surface area contributed by atoms with Gasteiger partial charge in [0.05, 0.1) is 28.7 Å². The van der Waals surface area contributed by atoms with Gasteiger partial charge in [-0.25, -0.2) is 4.98 Å². The largest absolute Gasteiger partial charge is 0.417 e. The average molecular weight is 357 g/mol. The first-order valence-corrected chi connectivity index (χ1v) is 7.93. The maximum Gasteiger partial charge on any atom is 0.417 e. The summed E-state index contributed by atoms with van der Waals surface area (Å²) in [4.78, 5) is 8.59. The highest BCUT2D eigenvalue weighted by Crippen LogP contribution is 2.37. The van der Waals surface area contributed by atoms with Crippen molar-refractivity contribution in [3.05, 3.63) is 59.4 Å². The highest BCUT2D eigenvalue weighted by molar-refractivity contribution is 5.91. The Hall–Kier alpha value is -3.16. The van der Waals surface area contributed by atoms with Crippen molar-refractivity contribution in [2.45, 2.75) is 19.6 Å². The zero-order valence-electron chi connectivity index (χ0n) is 13.7. The lowest BCUT2D eigenvalue weighted by Gasteiger charge is -2.10. The molecular weight excluding hydrogens is 343 g/mol. The zero-order chi connectivity index (χ0) is 18.3. The van der Waals surface area contributed by atoms with Crippen molar-refractivity contribution in [1.29, 1.82) is 0 Å². The second-order valence-electron chi connectivity index (χ2n) is 5.95. The quantitative estimate of drug-likeness (QED) is 0.569. The Kier molecular flexibility index (Phi) is 3.75. The number of fused-ring (bicyclic) bond motifs is 2. The van der Waals surface area contributed by atoms with Gasteiger partial charge in [0.1, 0.15) is 0 Å². The van der Waals surface area contributed by atoms with Gasteiger partial charge >= 0.3 is 6.18 Å². The summed E-state index contributed by atoms with van der Waals surface area (Å²) in [6.07, 6.45) is -4.49. The summed E-state index contributed by atoms with van der Waals surface area (Å²) in [6.45, 7) is 1.76. The molecule has 0 atom stereocenters. The number of rotatable bonds is 3. The molecule has 3 heterocycles. The third-order valence-electron chi connectivity index (χ3n) is 4.06. The lowest BCUT2D eigenvalue weighted by atomic mass is 10.1. The second-order valence-corrected chi connectivity index (χ2v) is 5.95. The molecule has 0 aliphatic rings. The van der Waals surface area contributed by atoms with Crippen LogP contribution in [0.15, 0.2) is 42.5 Å². The summed E-state index contributed by atoms with van der Waals surface area (Å²) in [5, 5.41) is 10.4. The third kappa shape index (κ3) is 2.94. The number of alkyl halides is 3. The highest BCUT2D eigenvalue weighted by atomic mass is 19.4. The molecule has 0 amide bonds. The van der Waals surface area contributed by atoms with Crippen molar-refractivity contribution in [3.8, 4) is 0 Å². The molecule has 0 spiro atoms. The van der Waals surface area contributed by atoms with E-state index in [1.54, 1.807) is 0 Å². The van der Waals surface area contributed by atoms with Crippen molar-refractivity contribution in [2.75, 3.05) is 5.32 Å². The fourth-order valence-electron chi connectivity index (χ4n) is 2.89. The van der Waals surface area contributed by atoms with Crippen LogP contribution in [0.1, 0.15) is 17.0 Å². The first-order chi connectivity index (χ1) is 12.4. The standard InChI is InChI=1S/C18H14F3N5/c1-10-8-13(18(19,20)21)15-16(25-26-17(15)23-10)22-9-12-7-6-11-4-2-3-5-14(11)24-12/h2-8H,9H2,1H3,(H2,22,23,25,26). The topological polar surface area (TPSA) is 66.5 Å². The zero-order valence-corrected chi connectivity index (χ0v) is 13.7. The summed E-state index contributed by atoms with van der Waals surface area (Å²) >= 11 is 0. The van der Waals surface area contributed by atoms with Gasteiger partial charge in [-0.15, -0.1) is 0 Å². The fourth-order valence-corrected chi connectivity index (χ4v) is 2.89. The van der Waals surface area contributed by atoms with E-state index in [4.69, 9.17) is 0 Å². The molecule has 1 aromatic carbocycles. The van der Waals surface area contributed by atoms with Gasteiger partial charge < -0.3 is 5.32 Å². The van der Waals surface area contributed by atoms with Crippen LogP contribution in [0.4, 0.5) is 19.0 Å². The Labute approximate surface area is 146 Å². The molecule has 8 heteroatoms. The average Bonchev–Trinajstić information content (AvgIpc) is 3.01. The number of H-pyrrole nitrogens is 1. The molecule has 0 fully saturated rings. The van der Waals surface area contributed by atoms with E-state index in [0.717, 1.165) is 17.0 Å². The summed E-state index contributed by atoms with van der Waals surface area (Å²) in [5.74, 6) is 0.106.